The summed E-state index contributed by atoms with van der Waals surface area (Å²) in [6, 6.07) is 16.7. The van der Waals surface area contributed by atoms with Gasteiger partial charge in [-0.25, -0.2) is 0 Å². The van der Waals surface area contributed by atoms with Gasteiger partial charge in [0.1, 0.15) is 0 Å². The van der Waals surface area contributed by atoms with Gasteiger partial charge in [0.05, 0.1) is 6.26 Å². The Morgan fingerprint density at radius 2 is 1.70 bits per heavy atom. The predicted octanol–water partition coefficient (Wildman–Crippen LogP) is 2.21. The summed E-state index contributed by atoms with van der Waals surface area (Å²) in [6.07, 6.45) is 1.51. The summed E-state index contributed by atoms with van der Waals surface area (Å²) in [7, 11) is 0. The number of nitrogens with zero attached hydrogens (tertiary/aromatic N) is 2. The molecule has 0 aliphatic carbocycles. The topological polar surface area (TPSA) is 118 Å². The average molecular weight is 448 g/mol. The highest BCUT2D eigenvalue weighted by Crippen LogP contribution is 2.18. The first-order chi connectivity index (χ1) is 16.0. The molecule has 4 rings (SSSR count). The van der Waals surface area contributed by atoms with E-state index in [4.69, 9.17) is 15.9 Å². The van der Waals surface area contributed by atoms with Crippen molar-refractivity contribution in [2.45, 2.75) is 19.6 Å². The molecule has 8 nitrogen and oxygen atoms in total. The van der Waals surface area contributed by atoms with Crippen molar-refractivity contribution in [3.63, 3.8) is 0 Å². The van der Waals surface area contributed by atoms with E-state index in [0.717, 1.165) is 29.8 Å². The van der Waals surface area contributed by atoms with Gasteiger partial charge in [0.25, 0.3) is 11.8 Å². The largest absolute Gasteiger partial charge is 0.459 e. The van der Waals surface area contributed by atoms with Crippen molar-refractivity contribution in [2.24, 2.45) is 5.73 Å². The van der Waals surface area contributed by atoms with Crippen LogP contribution in [0.1, 0.15) is 37.6 Å². The van der Waals surface area contributed by atoms with Gasteiger partial charge in [-0.15, -0.1) is 0 Å². The molecule has 33 heavy (non-hydrogen) atoms. The van der Waals surface area contributed by atoms with Crippen molar-refractivity contribution >= 4 is 17.5 Å². The molecule has 0 bridgehead atoms. The SMILES string of the molecule is NCc1ccc(CNC(=O)c2ccc(CN3CCN(C(=O)c4ccco4)CC3)c(N)c2)cc1. The van der Waals surface area contributed by atoms with E-state index in [1.165, 1.54) is 6.26 Å². The first kappa shape index (κ1) is 22.6. The van der Waals surface area contributed by atoms with Gasteiger partial charge in [-0.3, -0.25) is 14.5 Å². The van der Waals surface area contributed by atoms with E-state index in [1.54, 1.807) is 29.2 Å². The number of benzene rings is 2. The van der Waals surface area contributed by atoms with Crippen LogP contribution in [0.3, 0.4) is 0 Å². The van der Waals surface area contributed by atoms with Gasteiger partial charge in [-0.2, -0.15) is 0 Å². The maximum Gasteiger partial charge on any atom is 0.289 e. The summed E-state index contributed by atoms with van der Waals surface area (Å²) in [5, 5.41) is 2.93. The number of carbonyl (C=O) groups is 2. The van der Waals surface area contributed by atoms with Gasteiger partial charge < -0.3 is 26.1 Å². The van der Waals surface area contributed by atoms with Crippen LogP contribution in [-0.2, 0) is 19.6 Å². The number of nitrogens with two attached hydrogens (primary N) is 2. The van der Waals surface area contributed by atoms with E-state index in [1.807, 2.05) is 30.3 Å². The Morgan fingerprint density at radius 3 is 2.33 bits per heavy atom. The van der Waals surface area contributed by atoms with Gasteiger partial charge in [0.15, 0.2) is 5.76 Å². The van der Waals surface area contributed by atoms with Crippen LogP contribution in [0.2, 0.25) is 0 Å². The van der Waals surface area contributed by atoms with Crippen LogP contribution in [0.4, 0.5) is 5.69 Å². The van der Waals surface area contributed by atoms with Gasteiger partial charge in [-0.1, -0.05) is 30.3 Å². The number of anilines is 1. The molecule has 0 spiro atoms. The second-order valence-electron chi connectivity index (χ2n) is 8.16. The molecule has 0 saturated carbocycles. The molecule has 1 aliphatic rings. The summed E-state index contributed by atoms with van der Waals surface area (Å²) in [6.45, 7) is 4.36. The van der Waals surface area contributed by atoms with E-state index in [9.17, 15) is 9.59 Å². The molecule has 3 aromatic rings. The molecular weight excluding hydrogens is 418 g/mol. The molecule has 172 valence electrons. The maximum absolute atomic E-state index is 12.5. The zero-order valence-corrected chi connectivity index (χ0v) is 18.5. The van der Waals surface area contributed by atoms with Crippen LogP contribution in [0.15, 0.2) is 65.3 Å². The zero-order chi connectivity index (χ0) is 23.2. The highest BCUT2D eigenvalue weighted by Gasteiger charge is 2.24. The van der Waals surface area contributed by atoms with E-state index in [2.05, 4.69) is 10.2 Å². The lowest BCUT2D eigenvalue weighted by molar-refractivity contribution is 0.0598. The molecule has 1 fully saturated rings. The van der Waals surface area contributed by atoms with Crippen molar-refractivity contribution in [1.82, 2.24) is 15.1 Å². The Labute approximate surface area is 193 Å². The molecule has 8 heteroatoms. The number of nitrogen functional groups attached to an aromatic ring is 1. The Hall–Kier alpha value is -3.62. The molecule has 2 heterocycles. The minimum absolute atomic E-state index is 0.0788. The molecule has 2 amide bonds. The fraction of sp³-hybridized carbons (Fsp3) is 0.280. The summed E-state index contributed by atoms with van der Waals surface area (Å²) < 4.78 is 5.21. The quantitative estimate of drug-likeness (QED) is 0.478. The Kier molecular flexibility index (Phi) is 7.07. The average Bonchev–Trinajstić information content (AvgIpc) is 3.39. The van der Waals surface area contributed by atoms with Crippen LogP contribution < -0.4 is 16.8 Å². The first-order valence-electron chi connectivity index (χ1n) is 11.0. The van der Waals surface area contributed by atoms with Gasteiger partial charge >= 0.3 is 0 Å². The standard InChI is InChI=1S/C25H29N5O3/c26-15-18-3-5-19(6-4-18)16-28-24(31)20-7-8-21(22(27)14-20)17-29-9-11-30(12-10-29)25(32)23-2-1-13-33-23/h1-8,13-14H,9-12,15-17,26-27H2,(H,28,31). The van der Waals surface area contributed by atoms with Crippen molar-refractivity contribution in [3.05, 3.63) is 88.9 Å². The number of amides is 2. The lowest BCUT2D eigenvalue weighted by Crippen LogP contribution is -2.48. The van der Waals surface area contributed by atoms with Crippen LogP contribution in [0, 0.1) is 0 Å². The Bertz CT molecular complexity index is 1090. The first-order valence-corrected chi connectivity index (χ1v) is 11.0. The number of hydrogen-bond acceptors (Lipinski definition) is 6. The third-order valence-electron chi connectivity index (χ3n) is 5.91. The second-order valence-corrected chi connectivity index (χ2v) is 8.16. The third-order valence-corrected chi connectivity index (χ3v) is 5.91. The van der Waals surface area contributed by atoms with Gasteiger partial charge in [-0.05, 0) is 41.0 Å². The molecule has 1 saturated heterocycles. The third kappa shape index (κ3) is 5.60. The van der Waals surface area contributed by atoms with Crippen molar-refractivity contribution in [2.75, 3.05) is 31.9 Å². The maximum atomic E-state index is 12.5. The molecule has 2 aromatic carbocycles. The summed E-state index contributed by atoms with van der Waals surface area (Å²) in [5.41, 5.74) is 16.0. The fourth-order valence-electron chi connectivity index (χ4n) is 3.86. The Balaban J connectivity index is 1.28. The number of piperazine rings is 1. The Morgan fingerprint density at radius 1 is 0.970 bits per heavy atom. The normalized spacial score (nSPS) is 14.3. The van der Waals surface area contributed by atoms with Gasteiger partial charge in [0.2, 0.25) is 0 Å². The highest BCUT2D eigenvalue weighted by molar-refractivity contribution is 5.95. The summed E-state index contributed by atoms with van der Waals surface area (Å²) >= 11 is 0. The number of carbonyl (C=O) groups excluding carboxylic acids is 2. The van der Waals surface area contributed by atoms with Crippen molar-refractivity contribution < 1.29 is 14.0 Å². The molecular formula is C25H29N5O3. The summed E-state index contributed by atoms with van der Waals surface area (Å²) in [4.78, 5) is 29.0. The fourth-order valence-corrected chi connectivity index (χ4v) is 3.86. The smallest absolute Gasteiger partial charge is 0.289 e. The second kappa shape index (κ2) is 10.3. The molecule has 1 aliphatic heterocycles. The number of hydrogen-bond donors (Lipinski definition) is 3. The molecule has 1 aromatic heterocycles. The van der Waals surface area contributed by atoms with Gasteiger partial charge in [0, 0.05) is 57.1 Å². The molecule has 5 N–H and O–H groups in total. The summed E-state index contributed by atoms with van der Waals surface area (Å²) in [5.74, 6) is 0.125. The predicted molar refractivity (Wildman–Crippen MR) is 126 cm³/mol. The van der Waals surface area contributed by atoms with Crippen LogP contribution in [-0.4, -0.2) is 47.8 Å². The number of nitrogens with one attached hydrogen (secondary N) is 1. The zero-order valence-electron chi connectivity index (χ0n) is 18.5. The van der Waals surface area contributed by atoms with E-state index in [0.29, 0.717) is 49.7 Å². The van der Waals surface area contributed by atoms with E-state index in [-0.39, 0.29) is 11.8 Å². The van der Waals surface area contributed by atoms with Crippen molar-refractivity contribution in [1.29, 1.82) is 0 Å². The van der Waals surface area contributed by atoms with Crippen LogP contribution >= 0.6 is 0 Å². The minimum Gasteiger partial charge on any atom is -0.459 e. The molecule has 0 atom stereocenters. The lowest BCUT2D eigenvalue weighted by Gasteiger charge is -2.34. The number of furan rings is 1. The number of rotatable bonds is 7. The minimum atomic E-state index is -0.166. The van der Waals surface area contributed by atoms with E-state index < -0.39 is 0 Å². The van der Waals surface area contributed by atoms with Crippen LogP contribution in [0.25, 0.3) is 0 Å². The highest BCUT2D eigenvalue weighted by atomic mass is 16.3. The molecule has 0 radical (unpaired) electrons. The lowest BCUT2D eigenvalue weighted by atomic mass is 10.1. The monoisotopic (exact) mass is 447 g/mol. The van der Waals surface area contributed by atoms with E-state index >= 15 is 0 Å². The van der Waals surface area contributed by atoms with Crippen molar-refractivity contribution in [3.8, 4) is 0 Å². The molecule has 0 unspecified atom stereocenters. The van der Waals surface area contributed by atoms with Crippen LogP contribution in [0.5, 0.6) is 0 Å².